The molecule has 1 N–H and O–H groups in total. The summed E-state index contributed by atoms with van der Waals surface area (Å²) in [7, 11) is -0.729. The van der Waals surface area contributed by atoms with Gasteiger partial charge in [0, 0.05) is 10.5 Å². The number of aryl methyl sites for hydroxylation is 1. The number of hydrogen-bond donors (Lipinski definition) is 1. The zero-order valence-corrected chi connectivity index (χ0v) is 14.8. The van der Waals surface area contributed by atoms with Gasteiger partial charge in [-0.25, -0.2) is 8.42 Å². The molecule has 2 aromatic rings. The van der Waals surface area contributed by atoms with E-state index >= 15 is 0 Å². The van der Waals surface area contributed by atoms with Gasteiger partial charge in [-0.15, -0.1) is 0 Å². The van der Waals surface area contributed by atoms with Crippen LogP contribution in [0.1, 0.15) is 5.56 Å². The zero-order chi connectivity index (χ0) is 16.3. The van der Waals surface area contributed by atoms with Gasteiger partial charge in [0.15, 0.2) is 0 Å². The molecule has 0 fully saturated rings. The highest BCUT2D eigenvalue weighted by molar-refractivity contribution is 9.10. The second-order valence-electron chi connectivity index (χ2n) is 4.58. The van der Waals surface area contributed by atoms with E-state index in [0.29, 0.717) is 17.2 Å². The number of methoxy groups -OCH3 is 2. The van der Waals surface area contributed by atoms with Crippen LogP contribution in [-0.4, -0.2) is 22.6 Å². The number of ether oxygens (including phenoxy) is 2. The van der Waals surface area contributed by atoms with E-state index in [1.807, 2.05) is 6.92 Å². The molecule has 0 aliphatic rings. The van der Waals surface area contributed by atoms with Crippen LogP contribution in [0.4, 0.5) is 5.69 Å². The molecule has 7 heteroatoms. The third-order valence-electron chi connectivity index (χ3n) is 3.09. The number of hydrogen-bond acceptors (Lipinski definition) is 4. The Bertz CT molecular complexity index is 790. The molecule has 118 valence electrons. The summed E-state index contributed by atoms with van der Waals surface area (Å²) in [6.45, 7) is 1.83. The first-order valence-corrected chi connectivity index (χ1v) is 8.66. The number of sulfonamides is 1. The SMILES string of the molecule is COc1ccc(OC)c(NS(=O)(=O)c2ccc(Br)c(C)c2)c1. The number of nitrogens with one attached hydrogen (secondary N) is 1. The van der Waals surface area contributed by atoms with E-state index in [-0.39, 0.29) is 4.90 Å². The summed E-state index contributed by atoms with van der Waals surface area (Å²) >= 11 is 3.35. The maximum absolute atomic E-state index is 12.5. The monoisotopic (exact) mass is 385 g/mol. The van der Waals surface area contributed by atoms with Gasteiger partial charge in [-0.05, 0) is 42.8 Å². The molecule has 0 spiro atoms. The summed E-state index contributed by atoms with van der Waals surface area (Å²) in [4.78, 5) is 0.179. The Morgan fingerprint density at radius 1 is 1.05 bits per heavy atom. The molecule has 0 bridgehead atoms. The lowest BCUT2D eigenvalue weighted by atomic mass is 10.2. The second-order valence-corrected chi connectivity index (χ2v) is 7.12. The summed E-state index contributed by atoms with van der Waals surface area (Å²) in [6, 6.07) is 9.74. The van der Waals surface area contributed by atoms with Crippen molar-refractivity contribution in [3.8, 4) is 11.5 Å². The topological polar surface area (TPSA) is 64.6 Å². The lowest BCUT2D eigenvalue weighted by Crippen LogP contribution is -2.14. The standard InChI is InChI=1S/C15H16BrNO4S/c1-10-8-12(5-6-13(10)16)22(18,19)17-14-9-11(20-2)4-7-15(14)21-3/h4-9,17H,1-3H3. The predicted octanol–water partition coefficient (Wildman–Crippen LogP) is 3.58. The van der Waals surface area contributed by atoms with E-state index in [9.17, 15) is 8.42 Å². The Balaban J connectivity index is 2.41. The normalized spacial score (nSPS) is 11.1. The fourth-order valence-electron chi connectivity index (χ4n) is 1.88. The van der Waals surface area contributed by atoms with Crippen LogP contribution in [0.5, 0.6) is 11.5 Å². The molecule has 0 saturated carbocycles. The van der Waals surface area contributed by atoms with Crippen LogP contribution in [0.25, 0.3) is 0 Å². The maximum atomic E-state index is 12.5. The number of rotatable bonds is 5. The largest absolute Gasteiger partial charge is 0.497 e. The van der Waals surface area contributed by atoms with E-state index in [4.69, 9.17) is 9.47 Å². The van der Waals surface area contributed by atoms with E-state index in [2.05, 4.69) is 20.7 Å². The molecule has 0 aromatic heterocycles. The summed E-state index contributed by atoms with van der Waals surface area (Å²) < 4.78 is 38.7. The smallest absolute Gasteiger partial charge is 0.262 e. The lowest BCUT2D eigenvalue weighted by Gasteiger charge is -2.13. The molecule has 2 rings (SSSR count). The molecule has 0 atom stereocenters. The van der Waals surface area contributed by atoms with Gasteiger partial charge in [0.1, 0.15) is 11.5 Å². The van der Waals surface area contributed by atoms with Crippen molar-refractivity contribution in [2.24, 2.45) is 0 Å². The highest BCUT2D eigenvalue weighted by atomic mass is 79.9. The molecule has 5 nitrogen and oxygen atoms in total. The van der Waals surface area contributed by atoms with Crippen molar-refractivity contribution in [2.75, 3.05) is 18.9 Å². The first-order valence-electron chi connectivity index (χ1n) is 6.38. The zero-order valence-electron chi connectivity index (χ0n) is 12.4. The van der Waals surface area contributed by atoms with Crippen molar-refractivity contribution < 1.29 is 17.9 Å². The van der Waals surface area contributed by atoms with Crippen molar-refractivity contribution in [1.29, 1.82) is 0 Å². The van der Waals surface area contributed by atoms with E-state index in [1.165, 1.54) is 20.3 Å². The van der Waals surface area contributed by atoms with Gasteiger partial charge in [0.05, 0.1) is 24.8 Å². The van der Waals surface area contributed by atoms with Crippen molar-refractivity contribution in [3.05, 3.63) is 46.4 Å². The van der Waals surface area contributed by atoms with Crippen LogP contribution in [0.15, 0.2) is 45.8 Å². The first kappa shape index (κ1) is 16.6. The Labute approximate surface area is 138 Å². The molecule has 22 heavy (non-hydrogen) atoms. The van der Waals surface area contributed by atoms with Crippen molar-refractivity contribution in [1.82, 2.24) is 0 Å². The van der Waals surface area contributed by atoms with Crippen LogP contribution in [0.3, 0.4) is 0 Å². The molecule has 0 aliphatic heterocycles. The average Bonchev–Trinajstić information content (AvgIpc) is 2.49. The molecule has 0 amide bonds. The van der Waals surface area contributed by atoms with Gasteiger partial charge in [-0.3, -0.25) is 4.72 Å². The Morgan fingerprint density at radius 3 is 2.36 bits per heavy atom. The van der Waals surface area contributed by atoms with Gasteiger partial charge >= 0.3 is 0 Å². The highest BCUT2D eigenvalue weighted by Crippen LogP contribution is 2.31. The minimum atomic E-state index is -3.72. The Hall–Kier alpha value is -1.73. The molecule has 0 heterocycles. The molecule has 0 saturated heterocycles. The van der Waals surface area contributed by atoms with Crippen molar-refractivity contribution >= 4 is 31.6 Å². The van der Waals surface area contributed by atoms with E-state index in [1.54, 1.807) is 30.3 Å². The van der Waals surface area contributed by atoms with Crippen LogP contribution in [0.2, 0.25) is 0 Å². The quantitative estimate of drug-likeness (QED) is 0.853. The molecular formula is C15H16BrNO4S. The van der Waals surface area contributed by atoms with Gasteiger partial charge in [0.25, 0.3) is 10.0 Å². The summed E-state index contributed by atoms with van der Waals surface area (Å²) in [5.41, 5.74) is 1.16. The third kappa shape index (κ3) is 3.53. The van der Waals surface area contributed by atoms with E-state index < -0.39 is 10.0 Å². The Morgan fingerprint density at radius 2 is 1.77 bits per heavy atom. The van der Waals surface area contributed by atoms with Crippen LogP contribution in [0, 0.1) is 6.92 Å². The Kier molecular flexibility index (Phi) is 4.97. The fraction of sp³-hybridized carbons (Fsp3) is 0.200. The minimum Gasteiger partial charge on any atom is -0.497 e. The minimum absolute atomic E-state index is 0.179. The predicted molar refractivity (Wildman–Crippen MR) is 89.2 cm³/mol. The molecule has 0 radical (unpaired) electrons. The van der Waals surface area contributed by atoms with Crippen LogP contribution < -0.4 is 14.2 Å². The summed E-state index contributed by atoms with van der Waals surface area (Å²) in [6.07, 6.45) is 0. The fourth-order valence-corrected chi connectivity index (χ4v) is 3.27. The molecular weight excluding hydrogens is 370 g/mol. The molecule has 2 aromatic carbocycles. The lowest BCUT2D eigenvalue weighted by molar-refractivity contribution is 0.405. The number of benzene rings is 2. The van der Waals surface area contributed by atoms with Gasteiger partial charge in [-0.2, -0.15) is 0 Å². The maximum Gasteiger partial charge on any atom is 0.262 e. The van der Waals surface area contributed by atoms with E-state index in [0.717, 1.165) is 10.0 Å². The highest BCUT2D eigenvalue weighted by Gasteiger charge is 2.18. The second kappa shape index (κ2) is 6.58. The van der Waals surface area contributed by atoms with Gasteiger partial charge in [-0.1, -0.05) is 15.9 Å². The van der Waals surface area contributed by atoms with Crippen molar-refractivity contribution in [2.45, 2.75) is 11.8 Å². The third-order valence-corrected chi connectivity index (χ3v) is 5.34. The molecule has 0 aliphatic carbocycles. The number of anilines is 1. The number of halogens is 1. The van der Waals surface area contributed by atoms with Crippen LogP contribution >= 0.6 is 15.9 Å². The average molecular weight is 386 g/mol. The van der Waals surface area contributed by atoms with Gasteiger partial charge in [0.2, 0.25) is 0 Å². The van der Waals surface area contributed by atoms with Crippen LogP contribution in [-0.2, 0) is 10.0 Å². The summed E-state index contributed by atoms with van der Waals surface area (Å²) in [5.74, 6) is 0.948. The summed E-state index contributed by atoms with van der Waals surface area (Å²) in [5, 5.41) is 0. The first-order chi connectivity index (χ1) is 10.4. The van der Waals surface area contributed by atoms with Gasteiger partial charge < -0.3 is 9.47 Å². The van der Waals surface area contributed by atoms with Crippen molar-refractivity contribution in [3.63, 3.8) is 0 Å². The molecule has 0 unspecified atom stereocenters.